The minimum Gasteiger partial charge on any atom is -0.493 e. The highest BCUT2D eigenvalue weighted by Gasteiger charge is 2.15. The second kappa shape index (κ2) is 7.26. The molecule has 0 radical (unpaired) electrons. The maximum absolute atomic E-state index is 12.4. The van der Waals surface area contributed by atoms with Crippen LogP contribution < -0.4 is 24.8 Å². The predicted octanol–water partition coefficient (Wildman–Crippen LogP) is 4.15. The lowest BCUT2D eigenvalue weighted by Crippen LogP contribution is -2.19. The molecule has 7 heteroatoms. The van der Waals surface area contributed by atoms with Crippen LogP contribution in [0.4, 0.5) is 16.2 Å². The lowest BCUT2D eigenvalue weighted by Gasteiger charge is -2.15. The number of urea groups is 1. The fourth-order valence-electron chi connectivity index (χ4n) is 2.84. The molecule has 26 heavy (non-hydrogen) atoms. The molecular weight excluding hydrogens is 334 g/mol. The number of anilines is 2. The zero-order chi connectivity index (χ0) is 18.7. The first-order valence-corrected chi connectivity index (χ1v) is 8.02. The molecule has 3 N–H and O–H groups in total. The second-order valence-electron chi connectivity index (χ2n) is 5.71. The zero-order valence-electron chi connectivity index (χ0n) is 15.1. The molecule has 0 unspecified atom stereocenters. The molecule has 2 amide bonds. The molecule has 0 bridgehead atoms. The topological polar surface area (TPSA) is 84.6 Å². The third-order valence-electron chi connectivity index (χ3n) is 3.97. The number of ether oxygens (including phenoxy) is 3. The summed E-state index contributed by atoms with van der Waals surface area (Å²) in [6.07, 6.45) is 0. The van der Waals surface area contributed by atoms with E-state index in [-0.39, 0.29) is 6.03 Å². The third kappa shape index (κ3) is 3.37. The highest BCUT2D eigenvalue weighted by atomic mass is 16.5. The van der Waals surface area contributed by atoms with Crippen LogP contribution in [0.1, 0.15) is 5.69 Å². The number of hydrogen-bond donors (Lipinski definition) is 3. The van der Waals surface area contributed by atoms with Gasteiger partial charge >= 0.3 is 6.03 Å². The molecule has 3 aromatic rings. The van der Waals surface area contributed by atoms with E-state index in [0.29, 0.717) is 22.9 Å². The minimum absolute atomic E-state index is 0.370. The van der Waals surface area contributed by atoms with Crippen molar-refractivity contribution in [3.63, 3.8) is 0 Å². The van der Waals surface area contributed by atoms with Crippen molar-refractivity contribution in [1.82, 2.24) is 4.98 Å². The van der Waals surface area contributed by atoms with E-state index >= 15 is 0 Å². The van der Waals surface area contributed by atoms with Gasteiger partial charge in [0.1, 0.15) is 0 Å². The van der Waals surface area contributed by atoms with E-state index in [4.69, 9.17) is 14.2 Å². The molecule has 7 nitrogen and oxygen atoms in total. The van der Waals surface area contributed by atoms with Crippen LogP contribution in [-0.2, 0) is 0 Å². The molecule has 0 aliphatic rings. The number of nitrogens with one attached hydrogen (secondary N) is 3. The van der Waals surface area contributed by atoms with E-state index in [1.807, 2.05) is 31.2 Å². The van der Waals surface area contributed by atoms with Gasteiger partial charge in [-0.1, -0.05) is 6.07 Å². The van der Waals surface area contributed by atoms with E-state index < -0.39 is 0 Å². The summed E-state index contributed by atoms with van der Waals surface area (Å²) < 4.78 is 15.9. The second-order valence-corrected chi connectivity index (χ2v) is 5.71. The largest absolute Gasteiger partial charge is 0.493 e. The lowest BCUT2D eigenvalue weighted by atomic mass is 10.2. The van der Waals surface area contributed by atoms with Gasteiger partial charge in [-0.15, -0.1) is 0 Å². The van der Waals surface area contributed by atoms with Crippen LogP contribution in [0.2, 0.25) is 0 Å². The van der Waals surface area contributed by atoms with Crippen molar-refractivity contribution in [2.45, 2.75) is 6.92 Å². The van der Waals surface area contributed by atoms with Crippen LogP contribution in [-0.4, -0.2) is 32.3 Å². The number of amides is 2. The van der Waals surface area contributed by atoms with Gasteiger partial charge < -0.3 is 29.8 Å². The first-order chi connectivity index (χ1) is 12.5. The Balaban J connectivity index is 1.83. The monoisotopic (exact) mass is 355 g/mol. The standard InChI is InChI=1S/C19H21N3O4/c1-11-8-13-14(20-11)6-5-7-15(13)22-19(23)21-12-9-16(24-2)18(26-4)17(10-12)25-3/h5-10,20H,1-4H3,(H2,21,22,23). The van der Waals surface area contributed by atoms with Crippen molar-refractivity contribution in [3.8, 4) is 17.2 Å². The maximum Gasteiger partial charge on any atom is 0.323 e. The molecule has 0 fully saturated rings. The van der Waals surface area contributed by atoms with E-state index in [1.165, 1.54) is 21.3 Å². The highest BCUT2D eigenvalue weighted by molar-refractivity contribution is 6.06. The highest BCUT2D eigenvalue weighted by Crippen LogP contribution is 2.40. The number of aromatic nitrogens is 1. The van der Waals surface area contributed by atoms with Gasteiger partial charge in [-0.2, -0.15) is 0 Å². The van der Waals surface area contributed by atoms with E-state index in [9.17, 15) is 4.79 Å². The number of benzene rings is 2. The van der Waals surface area contributed by atoms with Crippen LogP contribution >= 0.6 is 0 Å². The van der Waals surface area contributed by atoms with Gasteiger partial charge in [-0.05, 0) is 25.1 Å². The molecule has 3 rings (SSSR count). The molecule has 0 aliphatic heterocycles. The van der Waals surface area contributed by atoms with Gasteiger partial charge in [0.05, 0.1) is 32.7 Å². The summed E-state index contributed by atoms with van der Waals surface area (Å²) >= 11 is 0. The maximum atomic E-state index is 12.4. The number of methoxy groups -OCH3 is 3. The van der Waals surface area contributed by atoms with Gasteiger partial charge in [0.2, 0.25) is 5.75 Å². The van der Waals surface area contributed by atoms with Crippen molar-refractivity contribution < 1.29 is 19.0 Å². The molecule has 1 heterocycles. The van der Waals surface area contributed by atoms with E-state index in [0.717, 1.165) is 22.3 Å². The predicted molar refractivity (Wildman–Crippen MR) is 102 cm³/mol. The molecule has 0 saturated heterocycles. The average Bonchev–Trinajstić information content (AvgIpc) is 3.02. The number of fused-ring (bicyclic) bond motifs is 1. The van der Waals surface area contributed by atoms with Crippen LogP contribution in [0, 0.1) is 6.92 Å². The van der Waals surface area contributed by atoms with Crippen LogP contribution in [0.25, 0.3) is 10.9 Å². The number of carbonyl (C=O) groups excluding carboxylic acids is 1. The van der Waals surface area contributed by atoms with Gasteiger partial charge in [0, 0.05) is 28.7 Å². The first-order valence-electron chi connectivity index (χ1n) is 8.02. The molecular formula is C19H21N3O4. The summed E-state index contributed by atoms with van der Waals surface area (Å²) in [4.78, 5) is 15.7. The summed E-state index contributed by atoms with van der Waals surface area (Å²) in [6, 6.07) is 10.7. The van der Waals surface area contributed by atoms with Crippen molar-refractivity contribution in [1.29, 1.82) is 0 Å². The summed E-state index contributed by atoms with van der Waals surface area (Å²) in [7, 11) is 4.58. The number of carbonyl (C=O) groups is 1. The van der Waals surface area contributed by atoms with Gasteiger partial charge in [-0.25, -0.2) is 4.79 Å². The summed E-state index contributed by atoms with van der Waals surface area (Å²) in [6.45, 7) is 1.97. The number of aryl methyl sites for hydroxylation is 1. The summed E-state index contributed by atoms with van der Waals surface area (Å²) in [5.74, 6) is 1.39. The Labute approximate surface area is 151 Å². The van der Waals surface area contributed by atoms with E-state index in [1.54, 1.807) is 12.1 Å². The summed E-state index contributed by atoms with van der Waals surface area (Å²) in [5, 5.41) is 6.60. The van der Waals surface area contributed by atoms with Crippen molar-refractivity contribution in [2.75, 3.05) is 32.0 Å². The summed E-state index contributed by atoms with van der Waals surface area (Å²) in [5.41, 5.74) is 3.23. The Kier molecular flexibility index (Phi) is 4.88. The molecule has 136 valence electrons. The zero-order valence-corrected chi connectivity index (χ0v) is 15.1. The van der Waals surface area contributed by atoms with Crippen LogP contribution in [0.3, 0.4) is 0 Å². The van der Waals surface area contributed by atoms with Crippen molar-refractivity contribution in [2.24, 2.45) is 0 Å². The molecule has 0 saturated carbocycles. The molecule has 0 atom stereocenters. The van der Waals surface area contributed by atoms with Gasteiger partial charge in [-0.3, -0.25) is 0 Å². The third-order valence-corrected chi connectivity index (χ3v) is 3.97. The minimum atomic E-state index is -0.370. The normalized spacial score (nSPS) is 10.5. The Morgan fingerprint density at radius 3 is 2.27 bits per heavy atom. The van der Waals surface area contributed by atoms with Gasteiger partial charge in [0.25, 0.3) is 0 Å². The van der Waals surface area contributed by atoms with Crippen LogP contribution in [0.15, 0.2) is 36.4 Å². The molecule has 2 aromatic carbocycles. The average molecular weight is 355 g/mol. The molecule has 1 aromatic heterocycles. The first kappa shape index (κ1) is 17.5. The number of rotatable bonds is 5. The molecule has 0 aliphatic carbocycles. The quantitative estimate of drug-likeness (QED) is 0.642. The smallest absolute Gasteiger partial charge is 0.323 e. The van der Waals surface area contributed by atoms with E-state index in [2.05, 4.69) is 15.6 Å². The number of hydrogen-bond acceptors (Lipinski definition) is 4. The Morgan fingerprint density at radius 1 is 0.962 bits per heavy atom. The number of aromatic amines is 1. The Morgan fingerprint density at radius 2 is 1.65 bits per heavy atom. The SMILES string of the molecule is COc1cc(NC(=O)Nc2cccc3[nH]c(C)cc23)cc(OC)c1OC. The number of H-pyrrole nitrogens is 1. The van der Waals surface area contributed by atoms with Crippen LogP contribution in [0.5, 0.6) is 17.2 Å². The van der Waals surface area contributed by atoms with Gasteiger partial charge in [0.15, 0.2) is 11.5 Å². The van der Waals surface area contributed by atoms with Crippen molar-refractivity contribution >= 4 is 28.3 Å². The molecule has 0 spiro atoms. The lowest BCUT2D eigenvalue weighted by molar-refractivity contribution is 0.262. The van der Waals surface area contributed by atoms with Crippen molar-refractivity contribution in [3.05, 3.63) is 42.1 Å². The fourth-order valence-corrected chi connectivity index (χ4v) is 2.84. The Bertz CT molecular complexity index is 924. The Hall–Kier alpha value is -3.35. The fraction of sp³-hybridized carbons (Fsp3) is 0.211.